The fraction of sp³-hybridized carbons (Fsp3) is 0.300. The Balaban J connectivity index is 2.08. The quantitative estimate of drug-likeness (QED) is 0.662. The van der Waals surface area contributed by atoms with Gasteiger partial charge in [-0.3, -0.25) is 0 Å². The van der Waals surface area contributed by atoms with E-state index < -0.39 is 0 Å². The number of aromatic nitrogens is 1. The molecule has 0 unspecified atom stereocenters. The summed E-state index contributed by atoms with van der Waals surface area (Å²) in [4.78, 5) is 4.08. The molecule has 1 aliphatic carbocycles. The van der Waals surface area contributed by atoms with Crippen LogP contribution in [0.3, 0.4) is 0 Å². The van der Waals surface area contributed by atoms with Crippen LogP contribution in [-0.4, -0.2) is 11.0 Å². The zero-order valence-electron chi connectivity index (χ0n) is 6.75. The van der Waals surface area contributed by atoms with Crippen molar-refractivity contribution >= 4 is 5.69 Å². The molecule has 0 aliphatic heterocycles. The number of anilines is 1. The topological polar surface area (TPSA) is 24.9 Å². The summed E-state index contributed by atoms with van der Waals surface area (Å²) in [5.41, 5.74) is 1.76. The first-order valence-electron chi connectivity index (χ1n) is 4.08. The van der Waals surface area contributed by atoms with Gasteiger partial charge in [0.2, 0.25) is 0 Å². The van der Waals surface area contributed by atoms with Gasteiger partial charge in [-0.2, -0.15) is 0 Å². The van der Waals surface area contributed by atoms with Crippen LogP contribution in [0, 0.1) is 12.3 Å². The van der Waals surface area contributed by atoms with E-state index in [2.05, 4.69) is 16.2 Å². The number of nitrogens with one attached hydrogen (secondary N) is 1. The van der Waals surface area contributed by atoms with Crippen molar-refractivity contribution in [1.29, 1.82) is 0 Å². The Morgan fingerprint density at radius 3 is 2.83 bits per heavy atom. The number of terminal acetylenes is 1. The maximum atomic E-state index is 5.18. The van der Waals surface area contributed by atoms with Gasteiger partial charge in [0, 0.05) is 6.04 Å². The Hall–Kier alpha value is -1.49. The monoisotopic (exact) mass is 158 g/mol. The minimum atomic E-state index is 0.670. The minimum Gasteiger partial charge on any atom is -0.381 e. The molecule has 0 aromatic carbocycles. The molecule has 60 valence electrons. The fourth-order valence-corrected chi connectivity index (χ4v) is 1.03. The van der Waals surface area contributed by atoms with E-state index >= 15 is 0 Å². The largest absolute Gasteiger partial charge is 0.381 e. The van der Waals surface area contributed by atoms with Crippen LogP contribution in [0.4, 0.5) is 5.69 Å². The van der Waals surface area contributed by atoms with Crippen LogP contribution in [0.2, 0.25) is 0 Å². The second kappa shape index (κ2) is 2.86. The molecule has 2 heteroatoms. The van der Waals surface area contributed by atoms with Crippen LogP contribution < -0.4 is 5.32 Å². The Labute approximate surface area is 72.0 Å². The first kappa shape index (κ1) is 7.17. The average Bonchev–Trinajstić information content (AvgIpc) is 2.90. The minimum absolute atomic E-state index is 0.670. The van der Waals surface area contributed by atoms with Crippen molar-refractivity contribution < 1.29 is 0 Å². The van der Waals surface area contributed by atoms with Crippen molar-refractivity contribution in [3.8, 4) is 12.3 Å². The van der Waals surface area contributed by atoms with Crippen LogP contribution in [0.25, 0.3) is 0 Å². The van der Waals surface area contributed by atoms with Crippen LogP contribution in [0.5, 0.6) is 0 Å². The number of hydrogen-bond acceptors (Lipinski definition) is 2. The lowest BCUT2D eigenvalue weighted by Gasteiger charge is -2.02. The van der Waals surface area contributed by atoms with Crippen molar-refractivity contribution in [3.05, 3.63) is 24.0 Å². The zero-order valence-corrected chi connectivity index (χ0v) is 6.75. The van der Waals surface area contributed by atoms with Gasteiger partial charge in [-0.15, -0.1) is 6.42 Å². The molecule has 12 heavy (non-hydrogen) atoms. The first-order chi connectivity index (χ1) is 5.88. The van der Waals surface area contributed by atoms with E-state index in [1.165, 1.54) is 12.8 Å². The van der Waals surface area contributed by atoms with Crippen LogP contribution >= 0.6 is 0 Å². The molecule has 0 radical (unpaired) electrons. The highest BCUT2D eigenvalue weighted by molar-refractivity contribution is 5.44. The molecule has 0 spiro atoms. The van der Waals surface area contributed by atoms with Crippen LogP contribution in [-0.2, 0) is 0 Å². The van der Waals surface area contributed by atoms with E-state index in [1.54, 1.807) is 6.20 Å². The molecule has 0 atom stereocenters. The SMILES string of the molecule is C#Cc1ccc(NC2CC2)cn1. The predicted molar refractivity (Wildman–Crippen MR) is 48.8 cm³/mol. The van der Waals surface area contributed by atoms with E-state index in [4.69, 9.17) is 6.42 Å². The molecular formula is C10H10N2. The molecule has 0 amide bonds. The van der Waals surface area contributed by atoms with Gasteiger partial charge in [-0.1, -0.05) is 5.92 Å². The lowest BCUT2D eigenvalue weighted by atomic mass is 10.3. The van der Waals surface area contributed by atoms with Crippen molar-refractivity contribution in [1.82, 2.24) is 4.98 Å². The fourth-order valence-electron chi connectivity index (χ4n) is 1.03. The average molecular weight is 158 g/mol. The first-order valence-corrected chi connectivity index (χ1v) is 4.08. The summed E-state index contributed by atoms with van der Waals surface area (Å²) < 4.78 is 0. The zero-order chi connectivity index (χ0) is 8.39. The van der Waals surface area contributed by atoms with Gasteiger partial charge >= 0.3 is 0 Å². The molecule has 0 saturated heterocycles. The van der Waals surface area contributed by atoms with E-state index in [0.29, 0.717) is 11.7 Å². The Morgan fingerprint density at radius 1 is 1.50 bits per heavy atom. The van der Waals surface area contributed by atoms with E-state index in [-0.39, 0.29) is 0 Å². The van der Waals surface area contributed by atoms with E-state index in [0.717, 1.165) is 5.69 Å². The molecule has 1 fully saturated rings. The van der Waals surface area contributed by atoms with Crippen LogP contribution in [0.1, 0.15) is 18.5 Å². The van der Waals surface area contributed by atoms with E-state index in [9.17, 15) is 0 Å². The van der Waals surface area contributed by atoms with Gasteiger partial charge in [0.25, 0.3) is 0 Å². The highest BCUT2D eigenvalue weighted by Crippen LogP contribution is 2.23. The predicted octanol–water partition coefficient (Wildman–Crippen LogP) is 1.64. The lowest BCUT2D eigenvalue weighted by molar-refractivity contribution is 1.14. The number of rotatable bonds is 2. The van der Waals surface area contributed by atoms with Crippen LogP contribution in [0.15, 0.2) is 18.3 Å². The van der Waals surface area contributed by atoms with Crippen molar-refractivity contribution in [2.75, 3.05) is 5.32 Å². The molecular weight excluding hydrogens is 148 g/mol. The molecule has 2 nitrogen and oxygen atoms in total. The van der Waals surface area contributed by atoms with Gasteiger partial charge in [0.05, 0.1) is 11.9 Å². The molecule has 0 bridgehead atoms. The van der Waals surface area contributed by atoms with Gasteiger partial charge in [-0.05, 0) is 25.0 Å². The summed E-state index contributed by atoms with van der Waals surface area (Å²) in [6.45, 7) is 0. The van der Waals surface area contributed by atoms with Gasteiger partial charge in [0.15, 0.2) is 0 Å². The molecule has 1 aromatic rings. The Bertz CT molecular complexity index is 304. The highest BCUT2D eigenvalue weighted by atomic mass is 15.0. The second-order valence-electron chi connectivity index (χ2n) is 3.00. The van der Waals surface area contributed by atoms with Crippen molar-refractivity contribution in [2.24, 2.45) is 0 Å². The third-order valence-corrected chi connectivity index (χ3v) is 1.86. The summed E-state index contributed by atoms with van der Waals surface area (Å²) in [6.07, 6.45) is 9.52. The molecule has 2 rings (SSSR count). The third-order valence-electron chi connectivity index (χ3n) is 1.86. The van der Waals surface area contributed by atoms with Crippen molar-refractivity contribution in [3.63, 3.8) is 0 Å². The molecule has 1 heterocycles. The van der Waals surface area contributed by atoms with Gasteiger partial charge < -0.3 is 5.32 Å². The van der Waals surface area contributed by atoms with Gasteiger partial charge in [-0.25, -0.2) is 4.98 Å². The lowest BCUT2D eigenvalue weighted by Crippen LogP contribution is -2.00. The molecule has 1 aromatic heterocycles. The summed E-state index contributed by atoms with van der Waals surface area (Å²) in [7, 11) is 0. The smallest absolute Gasteiger partial charge is 0.113 e. The highest BCUT2D eigenvalue weighted by Gasteiger charge is 2.20. The number of pyridine rings is 1. The van der Waals surface area contributed by atoms with E-state index in [1.807, 2.05) is 12.1 Å². The van der Waals surface area contributed by atoms with Crippen molar-refractivity contribution in [2.45, 2.75) is 18.9 Å². The number of nitrogens with zero attached hydrogens (tertiary/aromatic N) is 1. The Morgan fingerprint density at radius 2 is 2.33 bits per heavy atom. The normalized spacial score (nSPS) is 15.2. The second-order valence-corrected chi connectivity index (χ2v) is 3.00. The molecule has 1 aliphatic rings. The summed E-state index contributed by atoms with van der Waals surface area (Å²) in [5.74, 6) is 2.48. The summed E-state index contributed by atoms with van der Waals surface area (Å²) in [6, 6.07) is 4.49. The summed E-state index contributed by atoms with van der Waals surface area (Å²) >= 11 is 0. The molecule has 1 N–H and O–H groups in total. The summed E-state index contributed by atoms with van der Waals surface area (Å²) in [5, 5.41) is 3.34. The standard InChI is InChI=1S/C10H10N2/c1-2-8-3-6-10(7-11-8)12-9-4-5-9/h1,3,6-7,9,12H,4-5H2. The maximum absolute atomic E-state index is 5.18. The molecule has 1 saturated carbocycles. The van der Waals surface area contributed by atoms with Gasteiger partial charge in [0.1, 0.15) is 5.69 Å². The maximum Gasteiger partial charge on any atom is 0.113 e. The third kappa shape index (κ3) is 1.57. The number of hydrogen-bond donors (Lipinski definition) is 1. The Kier molecular flexibility index (Phi) is 1.71.